The van der Waals surface area contributed by atoms with E-state index >= 15 is 0 Å². The molecule has 0 saturated carbocycles. The summed E-state index contributed by atoms with van der Waals surface area (Å²) in [6, 6.07) is 6.78. The molecule has 10 heteroatoms. The molecule has 28 heavy (non-hydrogen) atoms. The van der Waals surface area contributed by atoms with E-state index in [9.17, 15) is 13.2 Å². The molecule has 1 unspecified atom stereocenters. The molecule has 0 spiro atoms. The molecule has 1 saturated heterocycles. The summed E-state index contributed by atoms with van der Waals surface area (Å²) in [5.74, 6) is 0.833. The number of thiazole rings is 1. The van der Waals surface area contributed by atoms with Crippen molar-refractivity contribution >= 4 is 43.4 Å². The van der Waals surface area contributed by atoms with Gasteiger partial charge in [-0.3, -0.25) is 4.79 Å². The largest absolute Gasteiger partial charge is 0.493 e. The Balaban J connectivity index is 1.54. The van der Waals surface area contributed by atoms with Crippen molar-refractivity contribution in [1.82, 2.24) is 9.29 Å². The number of hydrogen-bond donors (Lipinski definition) is 1. The molecule has 4 rings (SSSR count). The maximum absolute atomic E-state index is 12.6. The van der Waals surface area contributed by atoms with E-state index in [0.29, 0.717) is 47.3 Å². The summed E-state index contributed by atoms with van der Waals surface area (Å²) in [7, 11) is -1.84. The van der Waals surface area contributed by atoms with E-state index in [1.165, 1.54) is 15.6 Å². The van der Waals surface area contributed by atoms with Crippen molar-refractivity contribution in [3.8, 4) is 17.2 Å². The molecular weight excluding hydrogens is 402 g/mol. The molecule has 1 aromatic carbocycles. The lowest BCUT2D eigenvalue weighted by atomic mass is 10.2. The van der Waals surface area contributed by atoms with Crippen molar-refractivity contribution < 1.29 is 22.4 Å². The summed E-state index contributed by atoms with van der Waals surface area (Å²) < 4.78 is 36.1. The van der Waals surface area contributed by atoms with Crippen LogP contribution < -0.4 is 10.1 Å². The van der Waals surface area contributed by atoms with Crippen molar-refractivity contribution in [2.45, 2.75) is 18.9 Å². The number of furan rings is 1. The smallest absolute Gasteiger partial charge is 0.244 e. The average molecular weight is 422 g/mol. The highest BCUT2D eigenvalue weighted by Crippen LogP contribution is 2.34. The molecule has 3 heterocycles. The SMILES string of the molecule is COc1cccc2cc(-c3csc(NC(=O)C4CCCN4S(C)(=O)=O)n3)oc12. The number of ether oxygens (including phenoxy) is 1. The number of nitrogens with one attached hydrogen (secondary N) is 1. The zero-order chi connectivity index (χ0) is 19.9. The zero-order valence-corrected chi connectivity index (χ0v) is 17.0. The lowest BCUT2D eigenvalue weighted by Gasteiger charge is -2.20. The number of nitrogens with zero attached hydrogens (tertiary/aromatic N) is 2. The van der Waals surface area contributed by atoms with E-state index in [-0.39, 0.29) is 5.91 Å². The Bertz CT molecular complexity index is 1140. The molecule has 0 aliphatic carbocycles. The van der Waals surface area contributed by atoms with Crippen LogP contribution in [0.2, 0.25) is 0 Å². The Hall–Kier alpha value is -2.43. The Kier molecular flexibility index (Phi) is 4.86. The number of para-hydroxylation sites is 1. The normalized spacial score (nSPS) is 17.9. The standard InChI is InChI=1S/C18H19N3O5S2/c1-25-14-7-3-5-11-9-15(26-16(11)14)12-10-27-18(19-12)20-17(22)13-6-4-8-21(13)28(2,23)24/h3,5,7,9-10,13H,4,6,8H2,1-2H3,(H,19,20,22). The first kappa shape index (κ1) is 18.9. The van der Waals surface area contributed by atoms with Crippen LogP contribution in [0.3, 0.4) is 0 Å². The van der Waals surface area contributed by atoms with Crippen LogP contribution in [0, 0.1) is 0 Å². The fraction of sp³-hybridized carbons (Fsp3) is 0.333. The van der Waals surface area contributed by atoms with Gasteiger partial charge >= 0.3 is 0 Å². The number of hydrogen-bond acceptors (Lipinski definition) is 7. The minimum absolute atomic E-state index is 0.362. The summed E-state index contributed by atoms with van der Waals surface area (Å²) in [5, 5.41) is 5.80. The minimum atomic E-state index is -3.42. The number of methoxy groups -OCH3 is 1. The first-order valence-electron chi connectivity index (χ1n) is 8.67. The predicted molar refractivity (Wildman–Crippen MR) is 107 cm³/mol. The van der Waals surface area contributed by atoms with Gasteiger partial charge in [-0.15, -0.1) is 11.3 Å². The van der Waals surface area contributed by atoms with Crippen molar-refractivity contribution in [1.29, 1.82) is 0 Å². The van der Waals surface area contributed by atoms with Gasteiger partial charge in [-0.25, -0.2) is 13.4 Å². The Labute approximate surface area is 166 Å². The number of amides is 1. The fourth-order valence-corrected chi connectivity index (χ4v) is 5.18. The van der Waals surface area contributed by atoms with Crippen molar-refractivity contribution in [3.05, 3.63) is 29.6 Å². The molecule has 1 fully saturated rings. The minimum Gasteiger partial charge on any atom is -0.493 e. The van der Waals surface area contributed by atoms with E-state index in [1.54, 1.807) is 12.5 Å². The van der Waals surface area contributed by atoms with Crippen LogP contribution in [0.5, 0.6) is 5.75 Å². The third-order valence-corrected chi connectivity index (χ3v) is 6.69. The number of aromatic nitrogens is 1. The maximum Gasteiger partial charge on any atom is 0.244 e. The molecule has 2 aromatic heterocycles. The van der Waals surface area contributed by atoms with Gasteiger partial charge in [0.05, 0.1) is 13.4 Å². The average Bonchev–Trinajstić information content (AvgIpc) is 3.38. The highest BCUT2D eigenvalue weighted by molar-refractivity contribution is 7.88. The van der Waals surface area contributed by atoms with Crippen LogP contribution in [-0.4, -0.2) is 49.6 Å². The molecule has 1 N–H and O–H groups in total. The van der Waals surface area contributed by atoms with Crippen molar-refractivity contribution in [3.63, 3.8) is 0 Å². The number of fused-ring (bicyclic) bond motifs is 1. The second-order valence-corrected chi connectivity index (χ2v) is 9.34. The highest BCUT2D eigenvalue weighted by atomic mass is 32.2. The van der Waals surface area contributed by atoms with Gasteiger partial charge < -0.3 is 14.5 Å². The van der Waals surface area contributed by atoms with Gasteiger partial charge in [0.15, 0.2) is 22.2 Å². The van der Waals surface area contributed by atoms with E-state index < -0.39 is 16.1 Å². The molecule has 0 radical (unpaired) electrons. The first-order valence-corrected chi connectivity index (χ1v) is 11.4. The molecule has 0 bridgehead atoms. The molecule has 3 aromatic rings. The molecule has 8 nitrogen and oxygen atoms in total. The molecule has 1 aliphatic heterocycles. The third-order valence-electron chi connectivity index (χ3n) is 4.65. The Morgan fingerprint density at radius 3 is 3.00 bits per heavy atom. The van der Waals surface area contributed by atoms with Gasteiger partial charge in [0, 0.05) is 17.3 Å². The van der Waals surface area contributed by atoms with E-state index in [0.717, 1.165) is 11.6 Å². The Morgan fingerprint density at radius 2 is 2.25 bits per heavy atom. The van der Waals surface area contributed by atoms with Crippen LogP contribution in [0.15, 0.2) is 34.1 Å². The van der Waals surface area contributed by atoms with Gasteiger partial charge in [0.25, 0.3) is 0 Å². The molecular formula is C18H19N3O5S2. The number of rotatable bonds is 5. The van der Waals surface area contributed by atoms with Crippen molar-refractivity contribution in [2.24, 2.45) is 0 Å². The van der Waals surface area contributed by atoms with Gasteiger partial charge in [0.2, 0.25) is 15.9 Å². The number of carbonyl (C=O) groups is 1. The number of benzene rings is 1. The maximum atomic E-state index is 12.6. The van der Waals surface area contributed by atoms with E-state index in [2.05, 4.69) is 10.3 Å². The van der Waals surface area contributed by atoms with Crippen LogP contribution >= 0.6 is 11.3 Å². The van der Waals surface area contributed by atoms with Gasteiger partial charge in [0.1, 0.15) is 11.7 Å². The van der Waals surface area contributed by atoms with Crippen LogP contribution in [-0.2, 0) is 14.8 Å². The number of anilines is 1. The zero-order valence-electron chi connectivity index (χ0n) is 15.3. The van der Waals surface area contributed by atoms with Gasteiger partial charge in [-0.05, 0) is 25.0 Å². The third kappa shape index (κ3) is 3.50. The summed E-state index contributed by atoms with van der Waals surface area (Å²) >= 11 is 1.26. The Morgan fingerprint density at radius 1 is 1.43 bits per heavy atom. The quantitative estimate of drug-likeness (QED) is 0.680. The molecule has 1 amide bonds. The second kappa shape index (κ2) is 7.19. The monoisotopic (exact) mass is 421 g/mol. The summed E-state index contributed by atoms with van der Waals surface area (Å²) in [4.78, 5) is 17.0. The molecule has 1 aliphatic rings. The van der Waals surface area contributed by atoms with Gasteiger partial charge in [-0.1, -0.05) is 12.1 Å². The van der Waals surface area contributed by atoms with E-state index in [4.69, 9.17) is 9.15 Å². The van der Waals surface area contributed by atoms with Crippen molar-refractivity contribution in [2.75, 3.05) is 25.2 Å². The highest BCUT2D eigenvalue weighted by Gasteiger charge is 2.36. The van der Waals surface area contributed by atoms with Gasteiger partial charge in [-0.2, -0.15) is 4.31 Å². The lowest BCUT2D eigenvalue weighted by molar-refractivity contribution is -0.119. The fourth-order valence-electron chi connectivity index (χ4n) is 3.36. The number of sulfonamides is 1. The lowest BCUT2D eigenvalue weighted by Crippen LogP contribution is -2.42. The van der Waals surface area contributed by atoms with Crippen LogP contribution in [0.25, 0.3) is 22.4 Å². The summed E-state index contributed by atoms with van der Waals surface area (Å²) in [6.07, 6.45) is 2.28. The molecule has 1 atom stereocenters. The summed E-state index contributed by atoms with van der Waals surface area (Å²) in [6.45, 7) is 0.362. The molecule has 148 valence electrons. The van der Waals surface area contributed by atoms with E-state index in [1.807, 2.05) is 24.3 Å². The van der Waals surface area contributed by atoms with Crippen LogP contribution in [0.4, 0.5) is 5.13 Å². The van der Waals surface area contributed by atoms with Crippen LogP contribution in [0.1, 0.15) is 12.8 Å². The number of carbonyl (C=O) groups excluding carboxylic acids is 1. The predicted octanol–water partition coefficient (Wildman–Crippen LogP) is 2.93. The topological polar surface area (TPSA) is 102 Å². The second-order valence-electron chi connectivity index (χ2n) is 6.55. The summed E-state index contributed by atoms with van der Waals surface area (Å²) in [5.41, 5.74) is 1.22. The first-order chi connectivity index (χ1) is 13.4.